The number of aliphatic carboxylic acids is 1. The number of benzene rings is 1. The SMILES string of the molecule is O=C(N[C@@H](CS)C(=O)O)c1cccc(Cl)c1Cl. The van der Waals surface area contributed by atoms with Crippen LogP contribution in [0.15, 0.2) is 18.2 Å². The predicted molar refractivity (Wildman–Crippen MR) is 69.2 cm³/mol. The first-order valence-corrected chi connectivity index (χ1v) is 5.94. The molecule has 0 bridgehead atoms. The average Bonchev–Trinajstić information content (AvgIpc) is 2.28. The fourth-order valence-electron chi connectivity index (χ4n) is 1.10. The van der Waals surface area contributed by atoms with Crippen molar-refractivity contribution in [2.45, 2.75) is 6.04 Å². The van der Waals surface area contributed by atoms with Crippen LogP contribution in [0.4, 0.5) is 0 Å². The van der Waals surface area contributed by atoms with Crippen molar-refractivity contribution in [3.8, 4) is 0 Å². The number of carboxylic acid groups (broad SMARTS) is 1. The average molecular weight is 294 g/mol. The van der Waals surface area contributed by atoms with Crippen LogP contribution >= 0.6 is 35.8 Å². The van der Waals surface area contributed by atoms with Crippen LogP contribution in [0.2, 0.25) is 10.0 Å². The van der Waals surface area contributed by atoms with Gasteiger partial charge in [-0.05, 0) is 12.1 Å². The number of carbonyl (C=O) groups excluding carboxylic acids is 1. The van der Waals surface area contributed by atoms with Crippen LogP contribution in [0.1, 0.15) is 10.4 Å². The molecule has 0 saturated heterocycles. The minimum absolute atomic E-state index is 0.0146. The summed E-state index contributed by atoms with van der Waals surface area (Å²) in [5.74, 6) is -1.77. The van der Waals surface area contributed by atoms with Gasteiger partial charge in [0.15, 0.2) is 0 Å². The van der Waals surface area contributed by atoms with Gasteiger partial charge in [-0.15, -0.1) is 0 Å². The van der Waals surface area contributed by atoms with Crippen LogP contribution in [0.5, 0.6) is 0 Å². The lowest BCUT2D eigenvalue weighted by Crippen LogP contribution is -2.42. The zero-order valence-electron chi connectivity index (χ0n) is 8.48. The van der Waals surface area contributed by atoms with E-state index in [-0.39, 0.29) is 21.4 Å². The van der Waals surface area contributed by atoms with Crippen molar-refractivity contribution in [2.24, 2.45) is 0 Å². The first-order chi connectivity index (χ1) is 7.97. The smallest absolute Gasteiger partial charge is 0.327 e. The molecule has 4 nitrogen and oxygen atoms in total. The molecular weight excluding hydrogens is 285 g/mol. The molecule has 0 fully saturated rings. The quantitative estimate of drug-likeness (QED) is 0.745. The summed E-state index contributed by atoms with van der Waals surface area (Å²) >= 11 is 15.4. The summed E-state index contributed by atoms with van der Waals surface area (Å²) in [6.07, 6.45) is 0. The van der Waals surface area contributed by atoms with Crippen molar-refractivity contribution < 1.29 is 14.7 Å². The van der Waals surface area contributed by atoms with Gasteiger partial charge in [-0.3, -0.25) is 4.79 Å². The van der Waals surface area contributed by atoms with E-state index in [1.54, 1.807) is 6.07 Å². The number of thiol groups is 1. The van der Waals surface area contributed by atoms with Gasteiger partial charge in [0.25, 0.3) is 5.91 Å². The summed E-state index contributed by atoms with van der Waals surface area (Å²) in [6, 6.07) is 3.48. The maximum absolute atomic E-state index is 11.7. The second kappa shape index (κ2) is 6.14. The van der Waals surface area contributed by atoms with Crippen molar-refractivity contribution in [1.82, 2.24) is 5.32 Å². The minimum atomic E-state index is -1.16. The lowest BCUT2D eigenvalue weighted by atomic mass is 10.2. The standard InChI is InChI=1S/C10H9Cl2NO3S/c11-6-3-1-2-5(8(6)12)9(14)13-7(4-17)10(15)16/h1-3,7,17H,4H2,(H,13,14)(H,15,16)/t7-/m0/s1. The lowest BCUT2D eigenvalue weighted by molar-refractivity contribution is -0.138. The van der Waals surface area contributed by atoms with Gasteiger partial charge in [-0.1, -0.05) is 29.3 Å². The van der Waals surface area contributed by atoms with E-state index in [1.165, 1.54) is 12.1 Å². The summed E-state index contributed by atoms with van der Waals surface area (Å²) < 4.78 is 0. The lowest BCUT2D eigenvalue weighted by Gasteiger charge is -2.12. The maximum atomic E-state index is 11.7. The number of carbonyl (C=O) groups is 2. The number of carboxylic acids is 1. The molecule has 1 atom stereocenters. The van der Waals surface area contributed by atoms with Crippen molar-refractivity contribution in [3.05, 3.63) is 33.8 Å². The third kappa shape index (κ3) is 3.52. The summed E-state index contributed by atoms with van der Waals surface area (Å²) in [7, 11) is 0. The molecule has 17 heavy (non-hydrogen) atoms. The second-order valence-electron chi connectivity index (χ2n) is 3.15. The Balaban J connectivity index is 2.90. The van der Waals surface area contributed by atoms with E-state index >= 15 is 0 Å². The Morgan fingerprint density at radius 2 is 2.06 bits per heavy atom. The number of amides is 1. The van der Waals surface area contributed by atoms with Crippen LogP contribution in [0, 0.1) is 0 Å². The van der Waals surface area contributed by atoms with Crippen LogP contribution in [0.25, 0.3) is 0 Å². The fraction of sp³-hybridized carbons (Fsp3) is 0.200. The molecule has 0 saturated carbocycles. The normalized spacial score (nSPS) is 11.9. The highest BCUT2D eigenvalue weighted by molar-refractivity contribution is 7.80. The molecule has 7 heteroatoms. The van der Waals surface area contributed by atoms with Crippen molar-refractivity contribution in [1.29, 1.82) is 0 Å². The number of hydrogen-bond donors (Lipinski definition) is 3. The Morgan fingerprint density at radius 1 is 1.41 bits per heavy atom. The monoisotopic (exact) mass is 293 g/mol. The molecule has 1 rings (SSSR count). The molecule has 1 aromatic rings. The van der Waals surface area contributed by atoms with E-state index in [0.717, 1.165) is 0 Å². The van der Waals surface area contributed by atoms with Gasteiger partial charge in [-0.2, -0.15) is 12.6 Å². The van der Waals surface area contributed by atoms with Crippen LogP contribution in [-0.4, -0.2) is 28.8 Å². The van der Waals surface area contributed by atoms with Crippen molar-refractivity contribution in [3.63, 3.8) is 0 Å². The number of rotatable bonds is 4. The van der Waals surface area contributed by atoms with Gasteiger partial charge in [-0.25, -0.2) is 4.79 Å². The number of hydrogen-bond acceptors (Lipinski definition) is 3. The highest BCUT2D eigenvalue weighted by Gasteiger charge is 2.20. The second-order valence-corrected chi connectivity index (χ2v) is 4.30. The maximum Gasteiger partial charge on any atom is 0.327 e. The third-order valence-corrected chi connectivity index (χ3v) is 3.17. The highest BCUT2D eigenvalue weighted by atomic mass is 35.5. The highest BCUT2D eigenvalue weighted by Crippen LogP contribution is 2.25. The van der Waals surface area contributed by atoms with Gasteiger partial charge in [0.1, 0.15) is 6.04 Å². The zero-order valence-corrected chi connectivity index (χ0v) is 10.9. The molecule has 0 aliphatic heterocycles. The summed E-state index contributed by atoms with van der Waals surface area (Å²) in [6.45, 7) is 0. The Morgan fingerprint density at radius 3 is 2.59 bits per heavy atom. The molecule has 92 valence electrons. The van der Waals surface area contributed by atoms with Crippen LogP contribution in [0.3, 0.4) is 0 Å². The minimum Gasteiger partial charge on any atom is -0.480 e. The Bertz CT molecular complexity index is 453. The molecule has 0 aromatic heterocycles. The summed E-state index contributed by atoms with van der Waals surface area (Å²) in [4.78, 5) is 22.5. The summed E-state index contributed by atoms with van der Waals surface area (Å²) in [5.41, 5.74) is 0.132. The number of nitrogens with one attached hydrogen (secondary N) is 1. The molecule has 1 amide bonds. The van der Waals surface area contributed by atoms with E-state index in [1.807, 2.05) is 0 Å². The van der Waals surface area contributed by atoms with Gasteiger partial charge in [0, 0.05) is 5.75 Å². The first-order valence-electron chi connectivity index (χ1n) is 4.56. The van der Waals surface area contributed by atoms with Crippen LogP contribution in [-0.2, 0) is 4.79 Å². The largest absolute Gasteiger partial charge is 0.480 e. The first kappa shape index (κ1) is 14.2. The van der Waals surface area contributed by atoms with E-state index in [9.17, 15) is 9.59 Å². The molecule has 0 aliphatic rings. The van der Waals surface area contributed by atoms with E-state index in [2.05, 4.69) is 17.9 Å². The van der Waals surface area contributed by atoms with Crippen molar-refractivity contribution in [2.75, 3.05) is 5.75 Å². The van der Waals surface area contributed by atoms with Gasteiger partial charge >= 0.3 is 5.97 Å². The molecule has 0 unspecified atom stereocenters. The summed E-state index contributed by atoms with van der Waals surface area (Å²) in [5, 5.41) is 11.4. The molecule has 0 aliphatic carbocycles. The van der Waals surface area contributed by atoms with Crippen LogP contribution < -0.4 is 5.32 Å². The Kier molecular flexibility index (Phi) is 5.11. The molecule has 0 heterocycles. The van der Waals surface area contributed by atoms with Gasteiger partial charge in [0.2, 0.25) is 0 Å². The van der Waals surface area contributed by atoms with E-state index < -0.39 is 17.9 Å². The number of halogens is 2. The predicted octanol–water partition coefficient (Wildman–Crippen LogP) is 2.11. The Labute approximate surface area is 113 Å². The van der Waals surface area contributed by atoms with Gasteiger partial charge in [0.05, 0.1) is 15.6 Å². The third-order valence-electron chi connectivity index (χ3n) is 1.98. The topological polar surface area (TPSA) is 66.4 Å². The molecule has 0 radical (unpaired) electrons. The van der Waals surface area contributed by atoms with E-state index in [4.69, 9.17) is 28.3 Å². The Hall–Kier alpha value is -0.910. The van der Waals surface area contributed by atoms with Gasteiger partial charge < -0.3 is 10.4 Å². The van der Waals surface area contributed by atoms with E-state index in [0.29, 0.717) is 0 Å². The molecule has 1 aromatic carbocycles. The zero-order chi connectivity index (χ0) is 13.0. The fourth-order valence-corrected chi connectivity index (χ4v) is 1.73. The molecular formula is C10H9Cl2NO3S. The van der Waals surface area contributed by atoms with Crippen molar-refractivity contribution >= 4 is 47.7 Å². The molecule has 2 N–H and O–H groups in total. The molecule has 0 spiro atoms.